The number of likely N-dealkylation sites (N-methyl/N-ethyl adjacent to an activating group) is 2. The van der Waals surface area contributed by atoms with E-state index >= 15 is 9.59 Å². The number of para-hydroxylation sites is 2. The summed E-state index contributed by atoms with van der Waals surface area (Å²) < 4.78 is 11.5. The van der Waals surface area contributed by atoms with E-state index in [2.05, 4.69) is 34.1 Å². The molecule has 3 aliphatic rings. The molecular formula is C36H34N2O4. The number of benzene rings is 4. The first kappa shape index (κ1) is 26.6. The largest absolute Gasteiger partial charge is 0.496 e. The Kier molecular flexibility index (Phi) is 6.12. The second-order valence-electron chi connectivity index (χ2n) is 11.8. The summed E-state index contributed by atoms with van der Waals surface area (Å²) in [7, 11) is 7.36. The van der Waals surface area contributed by atoms with Crippen LogP contribution in [-0.4, -0.2) is 69.3 Å². The van der Waals surface area contributed by atoms with Gasteiger partial charge in [-0.3, -0.25) is 14.5 Å². The SMILES string of the molecule is COc1ccccc1/C=C1\CN(C)C[C@@]2(C1=O)[C@@H](c1ccccc1OC)CN(C)[C@@]21C(=O)c2cccc3cccc1c23. The van der Waals surface area contributed by atoms with Crippen LogP contribution in [-0.2, 0) is 10.3 Å². The van der Waals surface area contributed by atoms with Gasteiger partial charge < -0.3 is 14.4 Å². The summed E-state index contributed by atoms with van der Waals surface area (Å²) in [6, 6.07) is 27.7. The lowest BCUT2D eigenvalue weighted by Crippen LogP contribution is -2.64. The van der Waals surface area contributed by atoms with Crippen LogP contribution in [0.25, 0.3) is 16.8 Å². The van der Waals surface area contributed by atoms with Gasteiger partial charge in [-0.15, -0.1) is 0 Å². The third-order valence-corrected chi connectivity index (χ3v) is 9.78. The lowest BCUT2D eigenvalue weighted by atomic mass is 9.55. The number of piperidine rings is 1. The normalized spacial score (nSPS) is 26.7. The summed E-state index contributed by atoms with van der Waals surface area (Å²) >= 11 is 0. The molecule has 2 spiro atoms. The molecule has 212 valence electrons. The molecule has 4 aromatic carbocycles. The van der Waals surface area contributed by atoms with Crippen LogP contribution in [0.4, 0.5) is 0 Å². The predicted octanol–water partition coefficient (Wildman–Crippen LogP) is 5.56. The minimum absolute atomic E-state index is 0.00456. The van der Waals surface area contributed by atoms with Gasteiger partial charge in [0.2, 0.25) is 0 Å². The maximum Gasteiger partial charge on any atom is 0.189 e. The number of Topliss-reactive ketones (excluding diaryl/α,β-unsaturated/α-hetero) is 2. The summed E-state index contributed by atoms with van der Waals surface area (Å²) in [5.74, 6) is 1.13. The number of nitrogens with zero attached hydrogens (tertiary/aromatic N) is 2. The molecule has 42 heavy (non-hydrogen) atoms. The van der Waals surface area contributed by atoms with Gasteiger partial charge in [0.1, 0.15) is 17.0 Å². The number of rotatable bonds is 4. The van der Waals surface area contributed by atoms with E-state index in [-0.39, 0.29) is 17.5 Å². The quantitative estimate of drug-likeness (QED) is 0.306. The number of likely N-dealkylation sites (tertiary alicyclic amines) is 2. The predicted molar refractivity (Wildman–Crippen MR) is 164 cm³/mol. The Labute approximate surface area is 246 Å². The minimum Gasteiger partial charge on any atom is -0.496 e. The highest BCUT2D eigenvalue weighted by Crippen LogP contribution is 2.66. The maximum atomic E-state index is 15.4. The number of carbonyl (C=O) groups excluding carboxylic acids is 2. The van der Waals surface area contributed by atoms with Gasteiger partial charge in [0, 0.05) is 42.3 Å². The van der Waals surface area contributed by atoms with Gasteiger partial charge in [0.25, 0.3) is 0 Å². The third kappa shape index (κ3) is 3.33. The van der Waals surface area contributed by atoms with Crippen molar-refractivity contribution in [1.29, 1.82) is 0 Å². The molecule has 3 atom stereocenters. The number of carbonyl (C=O) groups is 2. The van der Waals surface area contributed by atoms with E-state index in [9.17, 15) is 0 Å². The first-order valence-electron chi connectivity index (χ1n) is 14.4. The lowest BCUT2D eigenvalue weighted by Gasteiger charge is -2.51. The number of methoxy groups -OCH3 is 2. The Morgan fingerprint density at radius 2 is 1.50 bits per heavy atom. The third-order valence-electron chi connectivity index (χ3n) is 9.78. The second kappa shape index (κ2) is 9.65. The summed E-state index contributed by atoms with van der Waals surface area (Å²) in [6.45, 7) is 1.43. The van der Waals surface area contributed by atoms with Gasteiger partial charge in [0.15, 0.2) is 11.6 Å². The van der Waals surface area contributed by atoms with Crippen molar-refractivity contribution in [2.45, 2.75) is 11.5 Å². The van der Waals surface area contributed by atoms with E-state index in [1.54, 1.807) is 14.2 Å². The Morgan fingerprint density at radius 3 is 2.26 bits per heavy atom. The van der Waals surface area contributed by atoms with Gasteiger partial charge in [-0.2, -0.15) is 0 Å². The highest BCUT2D eigenvalue weighted by atomic mass is 16.5. The first-order valence-corrected chi connectivity index (χ1v) is 14.4. The van der Waals surface area contributed by atoms with Crippen molar-refractivity contribution in [3.63, 3.8) is 0 Å². The Balaban J connectivity index is 1.55. The average Bonchev–Trinajstić information content (AvgIpc) is 3.42. The molecule has 7 rings (SSSR count). The molecule has 0 saturated carbocycles. The molecule has 6 heteroatoms. The fraction of sp³-hybridized carbons (Fsp3) is 0.278. The molecule has 2 fully saturated rings. The van der Waals surface area contributed by atoms with Crippen LogP contribution in [0.1, 0.15) is 33.0 Å². The number of hydrogen-bond donors (Lipinski definition) is 0. The van der Waals surface area contributed by atoms with E-state index in [0.717, 1.165) is 33.2 Å². The maximum absolute atomic E-state index is 15.4. The highest BCUT2D eigenvalue weighted by Gasteiger charge is 2.74. The Morgan fingerprint density at radius 1 is 0.810 bits per heavy atom. The van der Waals surface area contributed by atoms with E-state index in [1.807, 2.05) is 80.8 Å². The zero-order chi connectivity index (χ0) is 29.2. The van der Waals surface area contributed by atoms with Gasteiger partial charge >= 0.3 is 0 Å². The van der Waals surface area contributed by atoms with Crippen LogP contribution in [0.3, 0.4) is 0 Å². The Bertz CT molecular complexity index is 1790. The number of ketones is 2. The number of fused-ring (bicyclic) bond motifs is 2. The molecule has 2 heterocycles. The van der Waals surface area contributed by atoms with Crippen LogP contribution in [0.2, 0.25) is 0 Å². The molecule has 0 bridgehead atoms. The van der Waals surface area contributed by atoms with Gasteiger partial charge in [-0.25, -0.2) is 0 Å². The standard InChI is InChI=1S/C36H34N2O4/c1-37-20-25(19-24-11-5-7-17-30(24)41-3)33(39)35(22-37)29(26-14-6-8-18-31(26)42-4)21-38(2)36(35)28-16-10-13-23-12-9-15-27(32(23)28)34(36)40/h5-19,29H,20-22H2,1-4H3/b25-19+/t29-,35+,36+/m1/s1. The summed E-state index contributed by atoms with van der Waals surface area (Å²) in [5, 5.41) is 1.97. The second-order valence-corrected chi connectivity index (χ2v) is 11.8. The minimum atomic E-state index is -1.19. The van der Waals surface area contributed by atoms with Gasteiger partial charge in [-0.05, 0) is 54.2 Å². The molecule has 0 unspecified atom stereocenters. The van der Waals surface area contributed by atoms with Crippen LogP contribution < -0.4 is 9.47 Å². The lowest BCUT2D eigenvalue weighted by molar-refractivity contribution is -0.134. The molecule has 0 amide bonds. The molecular weight excluding hydrogens is 524 g/mol. The van der Waals surface area contributed by atoms with Crippen molar-refractivity contribution >= 4 is 28.4 Å². The Hall–Kier alpha value is -4.26. The molecule has 2 aliphatic heterocycles. The van der Waals surface area contributed by atoms with Crippen molar-refractivity contribution in [1.82, 2.24) is 9.80 Å². The fourth-order valence-corrected chi connectivity index (χ4v) is 8.28. The molecule has 0 aromatic heterocycles. The van der Waals surface area contributed by atoms with Crippen molar-refractivity contribution in [2.24, 2.45) is 5.41 Å². The summed E-state index contributed by atoms with van der Waals surface area (Å²) in [5.41, 5.74) is 1.74. The van der Waals surface area contributed by atoms with Crippen LogP contribution in [0.5, 0.6) is 11.5 Å². The highest BCUT2D eigenvalue weighted by molar-refractivity contribution is 6.24. The monoisotopic (exact) mass is 558 g/mol. The molecule has 2 saturated heterocycles. The van der Waals surface area contributed by atoms with Gasteiger partial charge in [-0.1, -0.05) is 72.8 Å². The average molecular weight is 559 g/mol. The van der Waals surface area contributed by atoms with E-state index < -0.39 is 11.0 Å². The summed E-state index contributed by atoms with van der Waals surface area (Å²) in [6.07, 6.45) is 1.96. The van der Waals surface area contributed by atoms with Crippen molar-refractivity contribution < 1.29 is 19.1 Å². The van der Waals surface area contributed by atoms with Crippen molar-refractivity contribution in [3.8, 4) is 11.5 Å². The van der Waals surface area contributed by atoms with Crippen molar-refractivity contribution in [3.05, 3.63) is 113 Å². The molecule has 0 N–H and O–H groups in total. The molecule has 4 aromatic rings. The number of hydrogen-bond acceptors (Lipinski definition) is 6. The topological polar surface area (TPSA) is 59.1 Å². The first-order chi connectivity index (χ1) is 20.4. The van der Waals surface area contributed by atoms with Gasteiger partial charge in [0.05, 0.1) is 19.6 Å². The fourth-order valence-electron chi connectivity index (χ4n) is 8.28. The molecule has 1 aliphatic carbocycles. The van der Waals surface area contributed by atoms with Crippen LogP contribution >= 0.6 is 0 Å². The smallest absolute Gasteiger partial charge is 0.189 e. The van der Waals surface area contributed by atoms with Crippen molar-refractivity contribution in [2.75, 3.05) is 47.9 Å². The zero-order valence-electron chi connectivity index (χ0n) is 24.4. The van der Waals surface area contributed by atoms with E-state index in [4.69, 9.17) is 9.47 Å². The number of ether oxygens (including phenoxy) is 2. The van der Waals surface area contributed by atoms with Crippen LogP contribution in [0, 0.1) is 5.41 Å². The van der Waals surface area contributed by atoms with E-state index in [0.29, 0.717) is 36.5 Å². The van der Waals surface area contributed by atoms with Crippen LogP contribution in [0.15, 0.2) is 90.5 Å². The van der Waals surface area contributed by atoms with E-state index in [1.165, 1.54) is 0 Å². The summed E-state index contributed by atoms with van der Waals surface area (Å²) in [4.78, 5) is 34.8. The molecule has 6 nitrogen and oxygen atoms in total. The molecule has 0 radical (unpaired) electrons. The zero-order valence-corrected chi connectivity index (χ0v) is 24.4.